The molecule has 0 saturated heterocycles. The SMILES string of the molecule is CC(C)(C(=O)Nc1cccc2cccnc12)C(=O)NC1CC1. The molecular formula is C17H19N3O2. The molecule has 2 aromatic rings. The first-order valence-corrected chi connectivity index (χ1v) is 7.44. The first-order chi connectivity index (χ1) is 10.5. The molecular weight excluding hydrogens is 278 g/mol. The Balaban J connectivity index is 1.81. The van der Waals surface area contributed by atoms with Crippen LogP contribution in [0.2, 0.25) is 0 Å². The molecule has 1 aromatic carbocycles. The summed E-state index contributed by atoms with van der Waals surface area (Å²) in [6.07, 6.45) is 3.68. The van der Waals surface area contributed by atoms with Crippen molar-refractivity contribution in [3.8, 4) is 0 Å². The Labute approximate surface area is 129 Å². The molecule has 0 bridgehead atoms. The number of nitrogens with one attached hydrogen (secondary N) is 2. The third-order valence-corrected chi connectivity index (χ3v) is 3.93. The number of nitrogens with zero attached hydrogens (tertiary/aromatic N) is 1. The van der Waals surface area contributed by atoms with Gasteiger partial charge in [0.15, 0.2) is 0 Å². The monoisotopic (exact) mass is 297 g/mol. The molecule has 1 aliphatic rings. The fourth-order valence-corrected chi connectivity index (χ4v) is 2.18. The highest BCUT2D eigenvalue weighted by atomic mass is 16.2. The molecule has 5 heteroatoms. The van der Waals surface area contributed by atoms with Crippen LogP contribution in [0.15, 0.2) is 36.5 Å². The molecule has 1 saturated carbocycles. The minimum Gasteiger partial charge on any atom is -0.352 e. The van der Waals surface area contributed by atoms with Crippen LogP contribution in [0.5, 0.6) is 0 Å². The number of hydrogen-bond acceptors (Lipinski definition) is 3. The standard InChI is InChI=1S/C17H19N3O2/c1-17(2,15(21)19-12-8-9-12)16(22)20-13-7-3-5-11-6-4-10-18-14(11)13/h3-7,10,12H,8-9H2,1-2H3,(H,19,21)(H,20,22). The van der Waals surface area contributed by atoms with Crippen LogP contribution in [-0.2, 0) is 9.59 Å². The molecule has 0 unspecified atom stereocenters. The zero-order valence-corrected chi connectivity index (χ0v) is 12.7. The van der Waals surface area contributed by atoms with E-state index < -0.39 is 5.41 Å². The fraction of sp³-hybridized carbons (Fsp3) is 0.353. The van der Waals surface area contributed by atoms with E-state index in [1.165, 1.54) is 0 Å². The van der Waals surface area contributed by atoms with E-state index in [-0.39, 0.29) is 17.9 Å². The van der Waals surface area contributed by atoms with Crippen LogP contribution in [0, 0.1) is 5.41 Å². The van der Waals surface area contributed by atoms with Crippen molar-refractivity contribution in [3.05, 3.63) is 36.5 Å². The van der Waals surface area contributed by atoms with Gasteiger partial charge in [0.2, 0.25) is 11.8 Å². The number of carbonyl (C=O) groups excluding carboxylic acids is 2. The van der Waals surface area contributed by atoms with E-state index in [0.29, 0.717) is 5.69 Å². The first-order valence-electron chi connectivity index (χ1n) is 7.44. The van der Waals surface area contributed by atoms with Crippen LogP contribution < -0.4 is 10.6 Å². The highest BCUT2D eigenvalue weighted by molar-refractivity contribution is 6.12. The topological polar surface area (TPSA) is 71.1 Å². The van der Waals surface area contributed by atoms with Crippen molar-refractivity contribution in [3.63, 3.8) is 0 Å². The molecule has 1 aliphatic carbocycles. The highest BCUT2D eigenvalue weighted by Crippen LogP contribution is 2.26. The number of fused-ring (bicyclic) bond motifs is 1. The highest BCUT2D eigenvalue weighted by Gasteiger charge is 2.38. The summed E-state index contributed by atoms with van der Waals surface area (Å²) < 4.78 is 0. The van der Waals surface area contributed by atoms with E-state index in [1.54, 1.807) is 26.1 Å². The van der Waals surface area contributed by atoms with Gasteiger partial charge in [-0.2, -0.15) is 0 Å². The second-order valence-corrected chi connectivity index (χ2v) is 6.21. The van der Waals surface area contributed by atoms with Crippen LogP contribution in [0.3, 0.4) is 0 Å². The number of pyridine rings is 1. The smallest absolute Gasteiger partial charge is 0.239 e. The van der Waals surface area contributed by atoms with Crippen LogP contribution in [0.4, 0.5) is 5.69 Å². The lowest BCUT2D eigenvalue weighted by Gasteiger charge is -2.23. The van der Waals surface area contributed by atoms with Gasteiger partial charge in [0.05, 0.1) is 11.2 Å². The third kappa shape index (κ3) is 2.79. The van der Waals surface area contributed by atoms with Gasteiger partial charge in [-0.15, -0.1) is 0 Å². The van der Waals surface area contributed by atoms with Gasteiger partial charge in [-0.05, 0) is 38.8 Å². The van der Waals surface area contributed by atoms with Gasteiger partial charge >= 0.3 is 0 Å². The number of para-hydroxylation sites is 1. The van der Waals surface area contributed by atoms with Gasteiger partial charge in [0.25, 0.3) is 0 Å². The minimum absolute atomic E-state index is 0.235. The molecule has 22 heavy (non-hydrogen) atoms. The van der Waals surface area contributed by atoms with Crippen LogP contribution in [0.1, 0.15) is 26.7 Å². The van der Waals surface area contributed by atoms with Crippen LogP contribution in [-0.4, -0.2) is 22.8 Å². The summed E-state index contributed by atoms with van der Waals surface area (Å²) in [5.74, 6) is -0.565. The number of amides is 2. The largest absolute Gasteiger partial charge is 0.352 e. The van der Waals surface area contributed by atoms with Crippen molar-refractivity contribution in [1.82, 2.24) is 10.3 Å². The third-order valence-electron chi connectivity index (χ3n) is 3.93. The Morgan fingerprint density at radius 2 is 1.86 bits per heavy atom. The molecule has 5 nitrogen and oxygen atoms in total. The first kappa shape index (κ1) is 14.5. The Bertz CT molecular complexity index is 730. The molecule has 1 fully saturated rings. The number of rotatable bonds is 4. The van der Waals surface area contributed by atoms with Gasteiger partial charge in [0, 0.05) is 17.6 Å². The predicted octanol–water partition coefficient (Wildman–Crippen LogP) is 2.48. The van der Waals surface area contributed by atoms with Gasteiger partial charge in [-0.25, -0.2) is 0 Å². The van der Waals surface area contributed by atoms with Crippen molar-refractivity contribution in [2.24, 2.45) is 5.41 Å². The molecule has 0 atom stereocenters. The average molecular weight is 297 g/mol. The van der Waals surface area contributed by atoms with Crippen molar-refractivity contribution >= 4 is 28.4 Å². The van der Waals surface area contributed by atoms with Crippen molar-refractivity contribution in [2.75, 3.05) is 5.32 Å². The lowest BCUT2D eigenvalue weighted by molar-refractivity contribution is -0.138. The number of hydrogen-bond donors (Lipinski definition) is 2. The number of benzene rings is 1. The summed E-state index contributed by atoms with van der Waals surface area (Å²) in [6.45, 7) is 3.28. The summed E-state index contributed by atoms with van der Waals surface area (Å²) in [4.78, 5) is 29.0. The summed E-state index contributed by atoms with van der Waals surface area (Å²) in [6, 6.07) is 9.60. The second kappa shape index (κ2) is 5.40. The molecule has 0 radical (unpaired) electrons. The van der Waals surface area contributed by atoms with E-state index in [0.717, 1.165) is 23.7 Å². The Hall–Kier alpha value is -2.43. The van der Waals surface area contributed by atoms with E-state index in [2.05, 4.69) is 15.6 Å². The second-order valence-electron chi connectivity index (χ2n) is 6.21. The molecule has 2 N–H and O–H groups in total. The molecule has 3 rings (SSSR count). The van der Waals surface area contributed by atoms with E-state index in [4.69, 9.17) is 0 Å². The summed E-state index contributed by atoms with van der Waals surface area (Å²) in [5.41, 5.74) is 0.214. The molecule has 1 heterocycles. The van der Waals surface area contributed by atoms with Crippen LogP contribution in [0.25, 0.3) is 10.9 Å². The van der Waals surface area contributed by atoms with Gasteiger partial charge in [-0.3, -0.25) is 14.6 Å². The molecule has 2 amide bonds. The quantitative estimate of drug-likeness (QED) is 0.852. The summed E-state index contributed by atoms with van der Waals surface area (Å²) in [5, 5.41) is 6.67. The van der Waals surface area contributed by atoms with Crippen molar-refractivity contribution in [1.29, 1.82) is 0 Å². The molecule has 0 aliphatic heterocycles. The Morgan fingerprint density at radius 1 is 1.14 bits per heavy atom. The molecule has 1 aromatic heterocycles. The van der Waals surface area contributed by atoms with E-state index in [9.17, 15) is 9.59 Å². The number of anilines is 1. The molecule has 114 valence electrons. The van der Waals surface area contributed by atoms with Gasteiger partial charge < -0.3 is 10.6 Å². The van der Waals surface area contributed by atoms with Gasteiger partial charge in [0.1, 0.15) is 5.41 Å². The van der Waals surface area contributed by atoms with E-state index >= 15 is 0 Å². The summed E-state index contributed by atoms with van der Waals surface area (Å²) >= 11 is 0. The number of aromatic nitrogens is 1. The normalized spacial score (nSPS) is 14.6. The maximum absolute atomic E-state index is 12.5. The predicted molar refractivity (Wildman–Crippen MR) is 85.3 cm³/mol. The Kier molecular flexibility index (Phi) is 3.56. The minimum atomic E-state index is -1.13. The number of carbonyl (C=O) groups is 2. The Morgan fingerprint density at radius 3 is 2.59 bits per heavy atom. The fourth-order valence-electron chi connectivity index (χ4n) is 2.18. The maximum atomic E-state index is 12.5. The lowest BCUT2D eigenvalue weighted by Crippen LogP contribution is -2.45. The zero-order valence-electron chi connectivity index (χ0n) is 12.7. The van der Waals surface area contributed by atoms with E-state index in [1.807, 2.05) is 24.3 Å². The average Bonchev–Trinajstić information content (AvgIpc) is 3.31. The molecule has 0 spiro atoms. The van der Waals surface area contributed by atoms with Crippen molar-refractivity contribution in [2.45, 2.75) is 32.7 Å². The van der Waals surface area contributed by atoms with Gasteiger partial charge in [-0.1, -0.05) is 18.2 Å². The zero-order chi connectivity index (χ0) is 15.7. The van der Waals surface area contributed by atoms with Crippen molar-refractivity contribution < 1.29 is 9.59 Å². The maximum Gasteiger partial charge on any atom is 0.239 e. The summed E-state index contributed by atoms with van der Waals surface area (Å²) in [7, 11) is 0. The lowest BCUT2D eigenvalue weighted by atomic mass is 9.90. The van der Waals surface area contributed by atoms with Crippen LogP contribution >= 0.6 is 0 Å².